The summed E-state index contributed by atoms with van der Waals surface area (Å²) in [5.74, 6) is 0.117. The number of nitrogens with one attached hydrogen (secondary N) is 1. The van der Waals surface area contributed by atoms with Crippen LogP contribution in [0.15, 0.2) is 60.9 Å². The van der Waals surface area contributed by atoms with E-state index in [4.69, 9.17) is 4.74 Å². The zero-order valence-corrected chi connectivity index (χ0v) is 17.5. The van der Waals surface area contributed by atoms with Crippen molar-refractivity contribution in [2.45, 2.75) is 31.9 Å². The van der Waals surface area contributed by atoms with Gasteiger partial charge >= 0.3 is 0 Å². The molecule has 1 amide bonds. The molecule has 2 aromatic carbocycles. The van der Waals surface area contributed by atoms with Crippen LogP contribution in [-0.4, -0.2) is 49.9 Å². The van der Waals surface area contributed by atoms with Crippen LogP contribution < -0.4 is 4.74 Å². The van der Waals surface area contributed by atoms with Crippen molar-refractivity contribution in [1.29, 1.82) is 0 Å². The molecule has 3 heterocycles. The highest BCUT2D eigenvalue weighted by molar-refractivity contribution is 6.00. The van der Waals surface area contributed by atoms with Gasteiger partial charge < -0.3 is 9.64 Å². The van der Waals surface area contributed by atoms with Crippen molar-refractivity contribution < 1.29 is 13.9 Å². The number of piperidine rings is 1. The normalized spacial score (nSPS) is 18.6. The first kappa shape index (κ1) is 20.1. The smallest absolute Gasteiger partial charge is 0.254 e. The zero-order valence-electron chi connectivity index (χ0n) is 17.5. The molecule has 0 unspecified atom stereocenters. The van der Waals surface area contributed by atoms with Crippen molar-refractivity contribution in [2.75, 3.05) is 6.54 Å². The van der Waals surface area contributed by atoms with Crippen molar-refractivity contribution >= 4 is 16.8 Å². The lowest BCUT2D eigenvalue weighted by Gasteiger charge is -2.38. The van der Waals surface area contributed by atoms with Crippen LogP contribution in [0.1, 0.15) is 30.1 Å². The largest absolute Gasteiger partial charge is 0.488 e. The second-order valence-electron chi connectivity index (χ2n) is 7.97. The van der Waals surface area contributed by atoms with E-state index in [1.807, 2.05) is 36.1 Å². The number of aromatic amines is 1. The number of carbonyl (C=O) groups excluding carboxylic acids is 1. The molecule has 2 aromatic heterocycles. The number of benzene rings is 2. The summed E-state index contributed by atoms with van der Waals surface area (Å²) in [7, 11) is 0. The van der Waals surface area contributed by atoms with Gasteiger partial charge in [-0.05, 0) is 44.0 Å². The maximum Gasteiger partial charge on any atom is 0.254 e. The molecule has 0 saturated carbocycles. The van der Waals surface area contributed by atoms with Crippen LogP contribution in [-0.2, 0) is 0 Å². The highest BCUT2D eigenvalue weighted by Crippen LogP contribution is 2.30. The number of para-hydroxylation sites is 1. The van der Waals surface area contributed by atoms with Gasteiger partial charge in [-0.1, -0.05) is 24.3 Å². The third-order valence-corrected chi connectivity index (χ3v) is 5.92. The number of likely N-dealkylation sites (tertiary alicyclic amines) is 1. The summed E-state index contributed by atoms with van der Waals surface area (Å²) in [6.07, 6.45) is 4.55. The van der Waals surface area contributed by atoms with Crippen LogP contribution in [0.5, 0.6) is 5.75 Å². The SMILES string of the molecule is C[C@@H]1CC[C@@H](Oc2ccnc3c(F)cccc23)CN1C(=O)c1ccccc1-c1cn[nH]n1. The first-order chi connectivity index (χ1) is 15.6. The van der Waals surface area contributed by atoms with Gasteiger partial charge in [-0.25, -0.2) is 4.39 Å². The molecule has 162 valence electrons. The van der Waals surface area contributed by atoms with Gasteiger partial charge in [-0.15, -0.1) is 0 Å². The van der Waals surface area contributed by atoms with Gasteiger partial charge in [0.25, 0.3) is 5.91 Å². The second kappa shape index (κ2) is 8.37. The third-order valence-electron chi connectivity index (χ3n) is 5.92. The fourth-order valence-electron chi connectivity index (χ4n) is 4.23. The third kappa shape index (κ3) is 3.68. The Hall–Kier alpha value is -3.81. The highest BCUT2D eigenvalue weighted by atomic mass is 19.1. The highest BCUT2D eigenvalue weighted by Gasteiger charge is 2.32. The van der Waals surface area contributed by atoms with Crippen LogP contribution in [0, 0.1) is 5.82 Å². The predicted molar refractivity (Wildman–Crippen MR) is 118 cm³/mol. The van der Waals surface area contributed by atoms with E-state index < -0.39 is 0 Å². The monoisotopic (exact) mass is 431 g/mol. The van der Waals surface area contributed by atoms with Crippen molar-refractivity contribution in [1.82, 2.24) is 25.3 Å². The number of fused-ring (bicyclic) bond motifs is 1. The van der Waals surface area contributed by atoms with Gasteiger partial charge in [0.1, 0.15) is 28.9 Å². The van der Waals surface area contributed by atoms with E-state index in [1.54, 1.807) is 30.6 Å². The Morgan fingerprint density at radius 2 is 2.03 bits per heavy atom. The lowest BCUT2D eigenvalue weighted by Crippen LogP contribution is -2.49. The molecule has 1 fully saturated rings. The number of halogens is 1. The Bertz CT molecular complexity index is 1260. The molecule has 0 aliphatic carbocycles. The fraction of sp³-hybridized carbons (Fsp3) is 0.250. The number of amides is 1. The van der Waals surface area contributed by atoms with Gasteiger partial charge in [0.2, 0.25) is 0 Å². The van der Waals surface area contributed by atoms with E-state index in [1.165, 1.54) is 6.07 Å². The molecule has 1 aliphatic rings. The van der Waals surface area contributed by atoms with E-state index in [2.05, 4.69) is 20.4 Å². The van der Waals surface area contributed by atoms with E-state index in [-0.39, 0.29) is 29.4 Å². The minimum Gasteiger partial charge on any atom is -0.488 e. The van der Waals surface area contributed by atoms with E-state index >= 15 is 0 Å². The maximum atomic E-state index is 14.1. The Morgan fingerprint density at radius 3 is 2.88 bits per heavy atom. The van der Waals surface area contributed by atoms with Crippen molar-refractivity contribution in [3.05, 3.63) is 72.3 Å². The Kier molecular flexibility index (Phi) is 5.26. The van der Waals surface area contributed by atoms with Crippen LogP contribution in [0.25, 0.3) is 22.2 Å². The van der Waals surface area contributed by atoms with Crippen molar-refractivity contribution in [3.63, 3.8) is 0 Å². The molecule has 1 N–H and O–H groups in total. The molecule has 4 aromatic rings. The first-order valence-electron chi connectivity index (χ1n) is 10.6. The van der Waals surface area contributed by atoms with Gasteiger partial charge in [0.15, 0.2) is 0 Å². The van der Waals surface area contributed by atoms with Crippen molar-refractivity contribution in [3.8, 4) is 17.0 Å². The quantitative estimate of drug-likeness (QED) is 0.523. The number of hydrogen-bond acceptors (Lipinski definition) is 5. The molecule has 5 rings (SSSR count). The predicted octanol–water partition coefficient (Wildman–Crippen LogP) is 4.23. The van der Waals surface area contributed by atoms with Crippen molar-refractivity contribution in [2.24, 2.45) is 0 Å². The summed E-state index contributed by atoms with van der Waals surface area (Å²) in [4.78, 5) is 19.5. The number of rotatable bonds is 4. The fourth-order valence-corrected chi connectivity index (χ4v) is 4.23. The molecule has 1 aliphatic heterocycles. The van der Waals surface area contributed by atoms with Crippen LogP contribution in [0.4, 0.5) is 4.39 Å². The van der Waals surface area contributed by atoms with Crippen LogP contribution in [0.2, 0.25) is 0 Å². The summed E-state index contributed by atoms with van der Waals surface area (Å²) >= 11 is 0. The summed E-state index contributed by atoms with van der Waals surface area (Å²) in [6, 6.07) is 14.0. The molecular formula is C24H22FN5O2. The number of H-pyrrole nitrogens is 1. The van der Waals surface area contributed by atoms with E-state index in [0.717, 1.165) is 18.4 Å². The number of ether oxygens (including phenoxy) is 1. The minimum atomic E-state index is -0.383. The van der Waals surface area contributed by atoms with Gasteiger partial charge in [-0.3, -0.25) is 9.78 Å². The molecule has 0 spiro atoms. The summed E-state index contributed by atoms with van der Waals surface area (Å²) in [5, 5.41) is 11.2. The topological polar surface area (TPSA) is 84.0 Å². The average molecular weight is 431 g/mol. The number of carbonyl (C=O) groups is 1. The molecule has 32 heavy (non-hydrogen) atoms. The second-order valence-corrected chi connectivity index (χ2v) is 7.97. The van der Waals surface area contributed by atoms with Gasteiger partial charge in [0.05, 0.1) is 12.7 Å². The number of nitrogens with zero attached hydrogens (tertiary/aromatic N) is 4. The number of pyridine rings is 1. The number of hydrogen-bond donors (Lipinski definition) is 1. The Balaban J connectivity index is 1.41. The molecule has 8 heteroatoms. The molecule has 7 nitrogen and oxygen atoms in total. The van der Waals surface area contributed by atoms with Crippen LogP contribution in [0.3, 0.4) is 0 Å². The van der Waals surface area contributed by atoms with Gasteiger partial charge in [-0.2, -0.15) is 15.4 Å². The summed E-state index contributed by atoms with van der Waals surface area (Å²) in [6.45, 7) is 2.48. The molecule has 0 radical (unpaired) electrons. The maximum absolute atomic E-state index is 14.1. The summed E-state index contributed by atoms with van der Waals surface area (Å²) < 4.78 is 20.4. The number of aromatic nitrogens is 4. The lowest BCUT2D eigenvalue weighted by atomic mass is 9.97. The zero-order chi connectivity index (χ0) is 22.1. The molecule has 1 saturated heterocycles. The minimum absolute atomic E-state index is 0.0688. The summed E-state index contributed by atoms with van der Waals surface area (Å²) in [5.41, 5.74) is 2.21. The Labute approximate surface area is 184 Å². The van der Waals surface area contributed by atoms with Gasteiger partial charge in [0, 0.05) is 28.8 Å². The standard InChI is InChI=1S/C24H22FN5O2/c1-15-9-10-16(32-22-11-12-26-23-19(22)7-4-8-20(23)25)14-30(15)24(31)18-6-3-2-5-17(18)21-13-27-29-28-21/h2-8,11-13,15-16H,9-10,14H2,1H3,(H,27,28,29)/t15-,16-/m1/s1. The lowest BCUT2D eigenvalue weighted by molar-refractivity contribution is 0.0388. The Morgan fingerprint density at radius 1 is 1.16 bits per heavy atom. The first-order valence-corrected chi connectivity index (χ1v) is 10.6. The van der Waals surface area contributed by atoms with E-state index in [0.29, 0.717) is 28.9 Å². The molecule has 0 bridgehead atoms. The van der Waals surface area contributed by atoms with Crippen LogP contribution >= 0.6 is 0 Å². The molecule has 2 atom stereocenters. The molecular weight excluding hydrogens is 409 g/mol. The average Bonchev–Trinajstić information content (AvgIpc) is 3.35. The van der Waals surface area contributed by atoms with E-state index in [9.17, 15) is 9.18 Å².